The number of alkyl carbamates (subject to hydrolysis) is 1. The van der Waals surface area contributed by atoms with Crippen LogP contribution in [0.4, 0.5) is 4.79 Å². The fourth-order valence-electron chi connectivity index (χ4n) is 1.52. The Kier molecular flexibility index (Phi) is 4.03. The van der Waals surface area contributed by atoms with Gasteiger partial charge in [-0.25, -0.2) is 9.78 Å². The molecule has 1 rings (SSSR count). The summed E-state index contributed by atoms with van der Waals surface area (Å²) in [7, 11) is 0. The zero-order valence-electron chi connectivity index (χ0n) is 12.2. The third-order valence-corrected chi connectivity index (χ3v) is 2.31. The molecule has 0 unspecified atom stereocenters. The predicted molar refractivity (Wildman–Crippen MR) is 72.0 cm³/mol. The summed E-state index contributed by atoms with van der Waals surface area (Å²) >= 11 is 0. The quantitative estimate of drug-likeness (QED) is 0.856. The summed E-state index contributed by atoms with van der Waals surface area (Å²) in [6, 6.07) is 1.37. The molecule has 0 aliphatic rings. The number of aromatic nitrogens is 2. The molecule has 106 valence electrons. The number of carbonyl (C=O) groups is 1. The van der Waals surface area contributed by atoms with Gasteiger partial charge < -0.3 is 15.0 Å². The molecule has 0 radical (unpaired) electrons. The Morgan fingerprint density at radius 3 is 2.37 bits per heavy atom. The first kappa shape index (κ1) is 15.2. The van der Waals surface area contributed by atoms with Gasteiger partial charge in [-0.1, -0.05) is 0 Å². The number of amides is 1. The van der Waals surface area contributed by atoms with Gasteiger partial charge in [0.15, 0.2) is 0 Å². The van der Waals surface area contributed by atoms with Crippen LogP contribution in [0.2, 0.25) is 0 Å². The number of nitrogens with zero attached hydrogens (tertiary/aromatic N) is 1. The van der Waals surface area contributed by atoms with Crippen LogP contribution in [0.25, 0.3) is 0 Å². The van der Waals surface area contributed by atoms with Crippen LogP contribution < -0.4 is 10.9 Å². The number of aryl methyl sites for hydroxylation is 1. The monoisotopic (exact) mass is 267 g/mol. The Balaban J connectivity index is 2.92. The third-order valence-electron chi connectivity index (χ3n) is 2.31. The van der Waals surface area contributed by atoms with Crippen molar-refractivity contribution in [3.05, 3.63) is 27.9 Å². The molecule has 0 aliphatic carbocycles. The molecule has 1 aromatic heterocycles. The molecule has 0 fully saturated rings. The van der Waals surface area contributed by atoms with Crippen LogP contribution in [0.15, 0.2) is 10.9 Å². The highest BCUT2D eigenvalue weighted by Gasteiger charge is 2.28. The van der Waals surface area contributed by atoms with E-state index in [1.54, 1.807) is 41.5 Å². The molecule has 0 saturated carbocycles. The van der Waals surface area contributed by atoms with Gasteiger partial charge in [-0.3, -0.25) is 4.79 Å². The first-order chi connectivity index (χ1) is 8.49. The Hall–Kier alpha value is -1.85. The molecule has 1 heterocycles. The van der Waals surface area contributed by atoms with Crippen molar-refractivity contribution in [3.63, 3.8) is 0 Å². The molecule has 0 bridgehead atoms. The van der Waals surface area contributed by atoms with Crippen molar-refractivity contribution in [1.82, 2.24) is 15.3 Å². The molecule has 1 amide bonds. The van der Waals surface area contributed by atoms with Gasteiger partial charge in [0, 0.05) is 6.07 Å². The van der Waals surface area contributed by atoms with E-state index in [-0.39, 0.29) is 5.56 Å². The summed E-state index contributed by atoms with van der Waals surface area (Å²) in [5, 5.41) is 2.71. The van der Waals surface area contributed by atoms with Crippen LogP contribution in [-0.2, 0) is 10.3 Å². The van der Waals surface area contributed by atoms with Gasteiger partial charge in [0.2, 0.25) is 0 Å². The molecule has 0 aromatic carbocycles. The number of nitrogens with one attached hydrogen (secondary N) is 2. The second-order valence-corrected chi connectivity index (χ2v) is 5.97. The van der Waals surface area contributed by atoms with Crippen molar-refractivity contribution in [2.45, 2.75) is 52.7 Å². The van der Waals surface area contributed by atoms with Gasteiger partial charge in [0.1, 0.15) is 11.4 Å². The summed E-state index contributed by atoms with van der Waals surface area (Å²) in [4.78, 5) is 30.0. The molecule has 0 spiro atoms. The van der Waals surface area contributed by atoms with Crippen LogP contribution in [0.1, 0.15) is 46.1 Å². The summed E-state index contributed by atoms with van der Waals surface area (Å²) in [5.41, 5.74) is -1.12. The lowest BCUT2D eigenvalue weighted by atomic mass is 10.0. The minimum atomic E-state index is -0.790. The molecular formula is C13H21N3O3. The van der Waals surface area contributed by atoms with Gasteiger partial charge in [0.25, 0.3) is 5.56 Å². The largest absolute Gasteiger partial charge is 0.444 e. The maximum atomic E-state index is 11.8. The Morgan fingerprint density at radius 1 is 1.32 bits per heavy atom. The lowest BCUT2D eigenvalue weighted by Crippen LogP contribution is -2.44. The normalized spacial score (nSPS) is 12.1. The van der Waals surface area contributed by atoms with Crippen molar-refractivity contribution >= 4 is 6.09 Å². The number of aromatic amines is 1. The maximum absolute atomic E-state index is 11.8. The zero-order valence-corrected chi connectivity index (χ0v) is 12.2. The minimum Gasteiger partial charge on any atom is -0.444 e. The lowest BCUT2D eigenvalue weighted by Gasteiger charge is -2.28. The van der Waals surface area contributed by atoms with Gasteiger partial charge in [-0.05, 0) is 41.5 Å². The van der Waals surface area contributed by atoms with Crippen molar-refractivity contribution in [2.75, 3.05) is 0 Å². The summed E-state index contributed by atoms with van der Waals surface area (Å²) in [6.07, 6.45) is -0.544. The molecule has 6 nitrogen and oxygen atoms in total. The Labute approximate surface area is 112 Å². The van der Waals surface area contributed by atoms with Crippen molar-refractivity contribution in [3.8, 4) is 0 Å². The highest BCUT2D eigenvalue weighted by Crippen LogP contribution is 2.17. The molecule has 0 atom stereocenters. The molecule has 2 N–H and O–H groups in total. The highest BCUT2D eigenvalue weighted by molar-refractivity contribution is 5.68. The Bertz CT molecular complexity index is 527. The molecular weight excluding hydrogens is 246 g/mol. The second-order valence-electron chi connectivity index (χ2n) is 5.97. The molecule has 19 heavy (non-hydrogen) atoms. The van der Waals surface area contributed by atoms with Gasteiger partial charge in [0.05, 0.1) is 11.2 Å². The number of hydrogen-bond donors (Lipinski definition) is 2. The fraction of sp³-hybridized carbons (Fsp3) is 0.615. The average molecular weight is 267 g/mol. The first-order valence-corrected chi connectivity index (χ1v) is 6.09. The smallest absolute Gasteiger partial charge is 0.408 e. The number of rotatable bonds is 2. The van der Waals surface area contributed by atoms with Gasteiger partial charge >= 0.3 is 6.09 Å². The van der Waals surface area contributed by atoms with E-state index >= 15 is 0 Å². The number of hydrogen-bond acceptors (Lipinski definition) is 4. The van der Waals surface area contributed by atoms with Crippen molar-refractivity contribution in [2.24, 2.45) is 0 Å². The zero-order chi connectivity index (χ0) is 14.8. The minimum absolute atomic E-state index is 0.249. The fourth-order valence-corrected chi connectivity index (χ4v) is 1.52. The SMILES string of the molecule is Cc1nc(C(C)(C)NC(=O)OC(C)(C)C)cc(=O)[nH]1. The van der Waals surface area contributed by atoms with Crippen LogP contribution in [-0.4, -0.2) is 21.7 Å². The number of carbonyl (C=O) groups excluding carboxylic acids is 1. The third kappa shape index (κ3) is 4.73. The second kappa shape index (κ2) is 5.03. The number of H-pyrrole nitrogens is 1. The lowest BCUT2D eigenvalue weighted by molar-refractivity contribution is 0.0468. The van der Waals surface area contributed by atoms with Crippen molar-refractivity contribution < 1.29 is 9.53 Å². The Morgan fingerprint density at radius 2 is 1.89 bits per heavy atom. The van der Waals surface area contributed by atoms with E-state index in [1.165, 1.54) is 6.07 Å². The van der Waals surface area contributed by atoms with E-state index in [1.807, 2.05) is 0 Å². The molecule has 0 aliphatic heterocycles. The topological polar surface area (TPSA) is 84.1 Å². The van der Waals surface area contributed by atoms with E-state index in [4.69, 9.17) is 4.74 Å². The van der Waals surface area contributed by atoms with E-state index in [0.29, 0.717) is 11.5 Å². The average Bonchev–Trinajstić information content (AvgIpc) is 2.11. The maximum Gasteiger partial charge on any atom is 0.408 e. The van der Waals surface area contributed by atoms with E-state index in [9.17, 15) is 9.59 Å². The van der Waals surface area contributed by atoms with E-state index in [2.05, 4.69) is 15.3 Å². The highest BCUT2D eigenvalue weighted by atomic mass is 16.6. The van der Waals surface area contributed by atoms with Crippen LogP contribution in [0.3, 0.4) is 0 Å². The van der Waals surface area contributed by atoms with Crippen LogP contribution >= 0.6 is 0 Å². The summed E-state index contributed by atoms with van der Waals surface area (Å²) < 4.78 is 5.19. The summed E-state index contributed by atoms with van der Waals surface area (Å²) in [6.45, 7) is 10.6. The van der Waals surface area contributed by atoms with E-state index < -0.39 is 17.2 Å². The van der Waals surface area contributed by atoms with Gasteiger partial charge in [-0.2, -0.15) is 0 Å². The van der Waals surface area contributed by atoms with Crippen LogP contribution in [0, 0.1) is 6.92 Å². The van der Waals surface area contributed by atoms with Gasteiger partial charge in [-0.15, -0.1) is 0 Å². The summed E-state index contributed by atoms with van der Waals surface area (Å²) in [5.74, 6) is 0.501. The predicted octanol–water partition coefficient (Wildman–Crippen LogP) is 1.84. The van der Waals surface area contributed by atoms with Crippen molar-refractivity contribution in [1.29, 1.82) is 0 Å². The molecule has 0 saturated heterocycles. The van der Waals surface area contributed by atoms with Crippen LogP contribution in [0.5, 0.6) is 0 Å². The van der Waals surface area contributed by atoms with E-state index in [0.717, 1.165) is 0 Å². The molecule has 1 aromatic rings. The number of ether oxygens (including phenoxy) is 1. The standard InChI is InChI=1S/C13H21N3O3/c1-8-14-9(7-10(17)15-8)13(5,6)16-11(18)19-12(2,3)4/h7H,1-6H3,(H,16,18)(H,14,15,17). The molecule has 6 heteroatoms. The first-order valence-electron chi connectivity index (χ1n) is 6.09.